The van der Waals surface area contributed by atoms with Crippen molar-refractivity contribution in [2.45, 2.75) is 0 Å². The van der Waals surface area contributed by atoms with E-state index in [1.165, 1.54) is 0 Å². The summed E-state index contributed by atoms with van der Waals surface area (Å²) in [7, 11) is 0. The summed E-state index contributed by atoms with van der Waals surface area (Å²) in [5, 5.41) is 2.83. The van der Waals surface area contributed by atoms with Crippen molar-refractivity contribution in [2.24, 2.45) is 0 Å². The Labute approximate surface area is 98.8 Å². The molecule has 0 aliphatic carbocycles. The normalized spacial score (nSPS) is 15.8. The van der Waals surface area contributed by atoms with Crippen LogP contribution in [-0.4, -0.2) is 10.9 Å². The van der Waals surface area contributed by atoms with Crippen molar-refractivity contribution in [2.75, 3.05) is 5.32 Å². The second-order valence-electron chi connectivity index (χ2n) is 3.81. The number of carbonyl (C=O) groups is 1. The van der Waals surface area contributed by atoms with Crippen molar-refractivity contribution < 1.29 is 4.79 Å². The zero-order valence-corrected chi connectivity index (χ0v) is 9.05. The van der Waals surface area contributed by atoms with Crippen molar-refractivity contribution in [3.63, 3.8) is 0 Å². The fourth-order valence-electron chi connectivity index (χ4n) is 1.89. The van der Waals surface area contributed by atoms with Gasteiger partial charge in [0.1, 0.15) is 0 Å². The van der Waals surface area contributed by atoms with Crippen LogP contribution in [0.1, 0.15) is 11.3 Å². The molecule has 3 heteroatoms. The summed E-state index contributed by atoms with van der Waals surface area (Å²) < 4.78 is 0. The van der Waals surface area contributed by atoms with Crippen LogP contribution in [0, 0.1) is 0 Å². The second-order valence-corrected chi connectivity index (χ2v) is 3.81. The van der Waals surface area contributed by atoms with Crippen LogP contribution in [0.15, 0.2) is 48.7 Å². The Hall–Kier alpha value is -2.42. The molecule has 3 rings (SSSR count). The van der Waals surface area contributed by atoms with E-state index >= 15 is 0 Å². The van der Waals surface area contributed by atoms with Gasteiger partial charge in [-0.15, -0.1) is 0 Å². The Bertz CT molecular complexity index is 603. The van der Waals surface area contributed by atoms with Crippen LogP contribution < -0.4 is 5.32 Å². The van der Waals surface area contributed by atoms with Crippen LogP contribution in [-0.2, 0) is 4.79 Å². The van der Waals surface area contributed by atoms with Crippen LogP contribution in [0.2, 0.25) is 0 Å². The summed E-state index contributed by atoms with van der Waals surface area (Å²) in [6, 6.07) is 13.3. The van der Waals surface area contributed by atoms with Crippen molar-refractivity contribution in [1.82, 2.24) is 4.98 Å². The van der Waals surface area contributed by atoms with Gasteiger partial charge in [0.25, 0.3) is 5.91 Å². The van der Waals surface area contributed by atoms with Crippen molar-refractivity contribution >= 4 is 23.2 Å². The number of pyridine rings is 1. The maximum atomic E-state index is 11.8. The van der Waals surface area contributed by atoms with Gasteiger partial charge in [-0.05, 0) is 24.3 Å². The van der Waals surface area contributed by atoms with Crippen LogP contribution in [0.3, 0.4) is 0 Å². The molecule has 82 valence electrons. The van der Waals surface area contributed by atoms with E-state index in [0.717, 1.165) is 16.9 Å². The largest absolute Gasteiger partial charge is 0.321 e. The number of hydrogen-bond donors (Lipinski definition) is 1. The fraction of sp³-hybridized carbons (Fsp3) is 0. The summed E-state index contributed by atoms with van der Waals surface area (Å²) in [5.41, 5.74) is 3.25. The third-order valence-corrected chi connectivity index (χ3v) is 2.69. The first kappa shape index (κ1) is 9.78. The number of nitrogens with one attached hydrogen (secondary N) is 1. The van der Waals surface area contributed by atoms with Gasteiger partial charge in [0, 0.05) is 17.4 Å². The lowest BCUT2D eigenvalue weighted by Crippen LogP contribution is -2.03. The minimum atomic E-state index is -0.0724. The van der Waals surface area contributed by atoms with Gasteiger partial charge in [-0.25, -0.2) is 0 Å². The summed E-state index contributed by atoms with van der Waals surface area (Å²) in [6.45, 7) is 0. The highest BCUT2D eigenvalue weighted by atomic mass is 16.2. The lowest BCUT2D eigenvalue weighted by atomic mass is 10.1. The van der Waals surface area contributed by atoms with Crippen LogP contribution in [0.25, 0.3) is 11.6 Å². The molecule has 0 fully saturated rings. The number of hydrogen-bond acceptors (Lipinski definition) is 2. The van der Waals surface area contributed by atoms with Crippen LogP contribution >= 0.6 is 0 Å². The molecule has 0 spiro atoms. The molecule has 0 radical (unpaired) electrons. The highest BCUT2D eigenvalue weighted by molar-refractivity contribution is 6.34. The standard InChI is InChI=1S/C14H10N2O/c17-14-12(9-10-5-3-4-8-15-10)11-6-1-2-7-13(11)16-14/h1-9H,(H,16,17)/b12-9+. The number of aromatic nitrogens is 1. The minimum Gasteiger partial charge on any atom is -0.321 e. The molecule has 1 aromatic carbocycles. The highest BCUT2D eigenvalue weighted by Gasteiger charge is 2.23. The molecule has 1 aliphatic heterocycles. The molecule has 0 bridgehead atoms. The highest BCUT2D eigenvalue weighted by Crippen LogP contribution is 2.32. The predicted octanol–water partition coefficient (Wildman–Crippen LogP) is 2.57. The van der Waals surface area contributed by atoms with E-state index in [1.54, 1.807) is 12.3 Å². The summed E-state index contributed by atoms with van der Waals surface area (Å²) in [5.74, 6) is -0.0724. The summed E-state index contributed by atoms with van der Waals surface area (Å²) in [6.07, 6.45) is 3.52. The molecule has 1 aliphatic rings. The maximum Gasteiger partial charge on any atom is 0.256 e. The van der Waals surface area contributed by atoms with Gasteiger partial charge in [-0.3, -0.25) is 9.78 Å². The third kappa shape index (κ3) is 1.72. The minimum absolute atomic E-state index is 0.0724. The lowest BCUT2D eigenvalue weighted by Gasteiger charge is -1.97. The van der Waals surface area contributed by atoms with Gasteiger partial charge in [0.05, 0.1) is 11.3 Å². The van der Waals surface area contributed by atoms with Gasteiger partial charge < -0.3 is 5.32 Å². The van der Waals surface area contributed by atoms with Crippen LogP contribution in [0.5, 0.6) is 0 Å². The van der Waals surface area contributed by atoms with Gasteiger partial charge >= 0.3 is 0 Å². The van der Waals surface area contributed by atoms with Crippen molar-refractivity contribution in [1.29, 1.82) is 0 Å². The summed E-state index contributed by atoms with van der Waals surface area (Å²) >= 11 is 0. The van der Waals surface area contributed by atoms with E-state index in [9.17, 15) is 4.79 Å². The van der Waals surface area contributed by atoms with Crippen molar-refractivity contribution in [3.8, 4) is 0 Å². The van der Waals surface area contributed by atoms with Gasteiger partial charge in [-0.1, -0.05) is 24.3 Å². The SMILES string of the molecule is O=C1Nc2ccccc2/C1=C\c1ccccn1. The Balaban J connectivity index is 2.10. The molecule has 1 amide bonds. The third-order valence-electron chi connectivity index (χ3n) is 2.69. The number of carbonyl (C=O) groups excluding carboxylic acids is 1. The molecule has 17 heavy (non-hydrogen) atoms. The second kappa shape index (κ2) is 3.87. The molecule has 0 atom stereocenters. The average molecular weight is 222 g/mol. The monoisotopic (exact) mass is 222 g/mol. The van der Waals surface area contributed by atoms with E-state index in [-0.39, 0.29) is 5.91 Å². The average Bonchev–Trinajstić information content (AvgIpc) is 2.68. The van der Waals surface area contributed by atoms with Gasteiger partial charge in [-0.2, -0.15) is 0 Å². The lowest BCUT2D eigenvalue weighted by molar-refractivity contribution is -0.110. The molecule has 0 saturated heterocycles. The van der Waals surface area contributed by atoms with E-state index in [2.05, 4.69) is 10.3 Å². The van der Waals surface area contributed by atoms with E-state index in [0.29, 0.717) is 5.57 Å². The molecule has 1 aromatic heterocycles. The zero-order valence-electron chi connectivity index (χ0n) is 9.05. The molecule has 0 saturated carbocycles. The Morgan fingerprint density at radius 3 is 2.71 bits per heavy atom. The van der Waals surface area contributed by atoms with Gasteiger partial charge in [0.2, 0.25) is 0 Å². The molecular formula is C14H10N2O. The van der Waals surface area contributed by atoms with E-state index in [4.69, 9.17) is 0 Å². The first-order valence-corrected chi connectivity index (χ1v) is 5.38. The van der Waals surface area contributed by atoms with Crippen molar-refractivity contribution in [3.05, 3.63) is 59.9 Å². The van der Waals surface area contributed by atoms with E-state index < -0.39 is 0 Å². The van der Waals surface area contributed by atoms with E-state index in [1.807, 2.05) is 42.5 Å². The first-order chi connectivity index (χ1) is 8.34. The molecule has 2 heterocycles. The Morgan fingerprint density at radius 1 is 1.06 bits per heavy atom. The maximum absolute atomic E-state index is 11.8. The molecule has 3 nitrogen and oxygen atoms in total. The number of para-hydroxylation sites is 1. The fourth-order valence-corrected chi connectivity index (χ4v) is 1.89. The first-order valence-electron chi connectivity index (χ1n) is 5.38. The number of benzene rings is 1. The predicted molar refractivity (Wildman–Crippen MR) is 67.2 cm³/mol. The number of fused-ring (bicyclic) bond motifs is 1. The number of rotatable bonds is 1. The zero-order chi connectivity index (χ0) is 11.7. The quantitative estimate of drug-likeness (QED) is 0.753. The molecular weight excluding hydrogens is 212 g/mol. The summed E-state index contributed by atoms with van der Waals surface area (Å²) in [4.78, 5) is 16.0. The molecule has 2 aromatic rings. The Morgan fingerprint density at radius 2 is 1.88 bits per heavy atom. The Kier molecular flexibility index (Phi) is 2.22. The van der Waals surface area contributed by atoms with Gasteiger partial charge in [0.15, 0.2) is 0 Å². The molecule has 1 N–H and O–H groups in total. The number of nitrogens with zero attached hydrogens (tertiary/aromatic N) is 1. The number of amides is 1. The topological polar surface area (TPSA) is 42.0 Å². The molecule has 0 unspecified atom stereocenters. The number of anilines is 1. The smallest absolute Gasteiger partial charge is 0.256 e. The van der Waals surface area contributed by atoms with Crippen LogP contribution in [0.4, 0.5) is 5.69 Å².